The summed E-state index contributed by atoms with van der Waals surface area (Å²) in [7, 11) is 0. The van der Waals surface area contributed by atoms with E-state index in [1.165, 1.54) is 16.9 Å². The maximum Gasteiger partial charge on any atom is 0.00870 e. The number of aryl methyl sites for hydroxylation is 1. The molecule has 0 bridgehead atoms. The van der Waals surface area contributed by atoms with Gasteiger partial charge in [0.05, 0.1) is 0 Å². The molecule has 0 aliphatic rings. The zero-order chi connectivity index (χ0) is 11.1. The van der Waals surface area contributed by atoms with E-state index in [0.29, 0.717) is 6.04 Å². The van der Waals surface area contributed by atoms with Crippen LogP contribution in [0.15, 0.2) is 24.1 Å². The first-order valence-corrected chi connectivity index (χ1v) is 6.49. The average Bonchev–Trinajstić information content (AvgIpc) is 2.61. The van der Waals surface area contributed by atoms with E-state index in [2.05, 4.69) is 37.2 Å². The summed E-state index contributed by atoms with van der Waals surface area (Å²) in [5, 5.41) is 5.71. The molecule has 0 amide bonds. The van der Waals surface area contributed by atoms with Crippen LogP contribution in [0, 0.1) is 6.92 Å². The first-order valence-electron chi connectivity index (χ1n) is 5.61. The molecule has 0 aromatic carbocycles. The Bertz CT molecular complexity index is 290. The Morgan fingerprint density at radius 2 is 2.40 bits per heavy atom. The third-order valence-electron chi connectivity index (χ3n) is 2.62. The fourth-order valence-corrected chi connectivity index (χ4v) is 2.47. The molecular weight excluding hydrogens is 202 g/mol. The number of rotatable bonds is 7. The van der Waals surface area contributed by atoms with E-state index in [0.717, 1.165) is 19.4 Å². The smallest absolute Gasteiger partial charge is 0.00870 e. The standard InChI is InChI=1S/C13H21NS/c1-4-5-6-12(3)14-9-7-13-11(2)8-10-15-13/h4,8,10,12,14H,1,5-7,9H2,2-3H3. The molecule has 1 unspecified atom stereocenters. The van der Waals surface area contributed by atoms with Gasteiger partial charge in [-0.3, -0.25) is 0 Å². The summed E-state index contributed by atoms with van der Waals surface area (Å²) >= 11 is 1.86. The third kappa shape index (κ3) is 4.63. The summed E-state index contributed by atoms with van der Waals surface area (Å²) in [6.07, 6.45) is 5.43. The SMILES string of the molecule is C=CCCC(C)NCCc1sccc1C. The van der Waals surface area contributed by atoms with Crippen molar-refractivity contribution in [2.45, 2.75) is 39.2 Å². The summed E-state index contributed by atoms with van der Waals surface area (Å²) in [6.45, 7) is 9.25. The molecule has 1 aromatic heterocycles. The number of hydrogen-bond donors (Lipinski definition) is 1. The minimum Gasteiger partial charge on any atom is -0.314 e. The summed E-state index contributed by atoms with van der Waals surface area (Å²) in [5.41, 5.74) is 1.43. The van der Waals surface area contributed by atoms with Gasteiger partial charge >= 0.3 is 0 Å². The minimum atomic E-state index is 0.600. The highest BCUT2D eigenvalue weighted by Crippen LogP contribution is 2.15. The molecule has 0 spiro atoms. The van der Waals surface area contributed by atoms with Crippen LogP contribution in [0.2, 0.25) is 0 Å². The van der Waals surface area contributed by atoms with Gasteiger partial charge in [0.1, 0.15) is 0 Å². The molecular formula is C13H21NS. The van der Waals surface area contributed by atoms with Gasteiger partial charge in [0.2, 0.25) is 0 Å². The van der Waals surface area contributed by atoms with Crippen molar-refractivity contribution in [1.29, 1.82) is 0 Å². The summed E-state index contributed by atoms with van der Waals surface area (Å²) < 4.78 is 0. The van der Waals surface area contributed by atoms with E-state index in [1.54, 1.807) is 0 Å². The Morgan fingerprint density at radius 3 is 3.00 bits per heavy atom. The van der Waals surface area contributed by atoms with Gasteiger partial charge in [0, 0.05) is 17.5 Å². The van der Waals surface area contributed by atoms with Gasteiger partial charge in [-0.05, 0) is 50.1 Å². The molecule has 15 heavy (non-hydrogen) atoms. The van der Waals surface area contributed by atoms with Gasteiger partial charge in [-0.2, -0.15) is 0 Å². The first-order chi connectivity index (χ1) is 7.24. The van der Waals surface area contributed by atoms with Crippen LogP contribution < -0.4 is 5.32 Å². The lowest BCUT2D eigenvalue weighted by Crippen LogP contribution is -2.27. The van der Waals surface area contributed by atoms with Crippen LogP contribution in [-0.2, 0) is 6.42 Å². The van der Waals surface area contributed by atoms with Gasteiger partial charge in [-0.1, -0.05) is 6.08 Å². The molecule has 0 saturated carbocycles. The number of thiophene rings is 1. The lowest BCUT2D eigenvalue weighted by Gasteiger charge is -2.12. The van der Waals surface area contributed by atoms with Gasteiger partial charge in [0.15, 0.2) is 0 Å². The van der Waals surface area contributed by atoms with E-state index in [-0.39, 0.29) is 0 Å². The van der Waals surface area contributed by atoms with E-state index in [9.17, 15) is 0 Å². The highest BCUT2D eigenvalue weighted by atomic mass is 32.1. The van der Waals surface area contributed by atoms with Crippen molar-refractivity contribution < 1.29 is 0 Å². The Hall–Kier alpha value is -0.600. The van der Waals surface area contributed by atoms with E-state index >= 15 is 0 Å². The molecule has 0 fully saturated rings. The fourth-order valence-electron chi connectivity index (χ4n) is 1.56. The Morgan fingerprint density at radius 1 is 1.60 bits per heavy atom. The van der Waals surface area contributed by atoms with Gasteiger partial charge < -0.3 is 5.32 Å². The predicted molar refractivity (Wildman–Crippen MR) is 69.7 cm³/mol. The predicted octanol–water partition coefficient (Wildman–Crippen LogP) is 3.54. The molecule has 0 radical (unpaired) electrons. The molecule has 1 N–H and O–H groups in total. The minimum absolute atomic E-state index is 0.600. The topological polar surface area (TPSA) is 12.0 Å². The largest absolute Gasteiger partial charge is 0.314 e. The zero-order valence-electron chi connectivity index (χ0n) is 9.75. The van der Waals surface area contributed by atoms with Crippen LogP contribution >= 0.6 is 11.3 Å². The van der Waals surface area contributed by atoms with Gasteiger partial charge in [-0.25, -0.2) is 0 Å². The van der Waals surface area contributed by atoms with E-state index in [4.69, 9.17) is 0 Å². The van der Waals surface area contributed by atoms with Crippen molar-refractivity contribution in [2.24, 2.45) is 0 Å². The van der Waals surface area contributed by atoms with Crippen molar-refractivity contribution in [3.63, 3.8) is 0 Å². The molecule has 0 saturated heterocycles. The summed E-state index contributed by atoms with van der Waals surface area (Å²) in [5.74, 6) is 0. The molecule has 1 nitrogen and oxygen atoms in total. The average molecular weight is 223 g/mol. The highest BCUT2D eigenvalue weighted by Gasteiger charge is 2.02. The molecule has 1 heterocycles. The number of allylic oxidation sites excluding steroid dienone is 1. The zero-order valence-corrected chi connectivity index (χ0v) is 10.6. The molecule has 1 aromatic rings. The third-order valence-corrected chi connectivity index (χ3v) is 3.70. The maximum absolute atomic E-state index is 3.74. The molecule has 2 heteroatoms. The van der Waals surface area contributed by atoms with Crippen molar-refractivity contribution in [3.8, 4) is 0 Å². The maximum atomic E-state index is 3.74. The molecule has 0 aliphatic heterocycles. The second kappa shape index (κ2) is 6.81. The molecule has 84 valence electrons. The van der Waals surface area contributed by atoms with Crippen LogP contribution in [0.1, 0.15) is 30.2 Å². The van der Waals surface area contributed by atoms with E-state index < -0.39 is 0 Å². The Balaban J connectivity index is 2.16. The van der Waals surface area contributed by atoms with Crippen molar-refractivity contribution >= 4 is 11.3 Å². The van der Waals surface area contributed by atoms with Crippen LogP contribution in [0.25, 0.3) is 0 Å². The van der Waals surface area contributed by atoms with Crippen LogP contribution in [0.4, 0.5) is 0 Å². The van der Waals surface area contributed by atoms with Crippen molar-refractivity contribution in [3.05, 3.63) is 34.5 Å². The normalized spacial score (nSPS) is 12.7. The monoisotopic (exact) mass is 223 g/mol. The Labute approximate surface area is 97.2 Å². The number of nitrogens with one attached hydrogen (secondary N) is 1. The summed E-state index contributed by atoms with van der Waals surface area (Å²) in [6, 6.07) is 2.80. The second-order valence-electron chi connectivity index (χ2n) is 4.00. The fraction of sp³-hybridized carbons (Fsp3) is 0.538. The molecule has 1 atom stereocenters. The van der Waals surface area contributed by atoms with Crippen LogP contribution in [0.5, 0.6) is 0 Å². The van der Waals surface area contributed by atoms with Gasteiger partial charge in [0.25, 0.3) is 0 Å². The highest BCUT2D eigenvalue weighted by molar-refractivity contribution is 7.10. The summed E-state index contributed by atoms with van der Waals surface area (Å²) in [4.78, 5) is 1.51. The second-order valence-corrected chi connectivity index (χ2v) is 5.00. The lowest BCUT2D eigenvalue weighted by molar-refractivity contribution is 0.522. The van der Waals surface area contributed by atoms with Crippen LogP contribution in [-0.4, -0.2) is 12.6 Å². The quantitative estimate of drug-likeness (QED) is 0.697. The Kier molecular flexibility index (Phi) is 5.66. The van der Waals surface area contributed by atoms with Gasteiger partial charge in [-0.15, -0.1) is 17.9 Å². The lowest BCUT2D eigenvalue weighted by atomic mass is 10.1. The molecule has 1 rings (SSSR count). The van der Waals surface area contributed by atoms with Crippen molar-refractivity contribution in [1.82, 2.24) is 5.32 Å². The van der Waals surface area contributed by atoms with E-state index in [1.807, 2.05) is 17.4 Å². The molecule has 0 aliphatic carbocycles. The van der Waals surface area contributed by atoms with Crippen LogP contribution in [0.3, 0.4) is 0 Å². The first kappa shape index (κ1) is 12.5. The number of hydrogen-bond acceptors (Lipinski definition) is 2. The van der Waals surface area contributed by atoms with Crippen molar-refractivity contribution in [2.75, 3.05) is 6.54 Å².